The van der Waals surface area contributed by atoms with Crippen LogP contribution < -0.4 is 5.32 Å². The van der Waals surface area contributed by atoms with Crippen LogP contribution in [0.5, 0.6) is 0 Å². The number of hydrogen-bond donors (Lipinski definition) is 1. The molecule has 0 aromatic heterocycles. The summed E-state index contributed by atoms with van der Waals surface area (Å²) in [5, 5.41) is 3.16. The van der Waals surface area contributed by atoms with Crippen LogP contribution in [0.3, 0.4) is 0 Å². The lowest BCUT2D eigenvalue weighted by atomic mass is 10.3. The third-order valence-electron chi connectivity index (χ3n) is 3.09. The predicted molar refractivity (Wildman–Crippen MR) is 73.2 cm³/mol. The summed E-state index contributed by atoms with van der Waals surface area (Å²) in [6.45, 7) is 5.19. The highest BCUT2D eigenvalue weighted by Gasteiger charge is 2.17. The second-order valence-electron chi connectivity index (χ2n) is 4.37. The highest BCUT2D eigenvalue weighted by molar-refractivity contribution is 7.99. The average molecular weight is 254 g/mol. The molecule has 0 saturated carbocycles. The number of halogens is 1. The Kier molecular flexibility index (Phi) is 4.68. The van der Waals surface area contributed by atoms with Crippen LogP contribution in [0.25, 0.3) is 0 Å². The molecule has 0 bridgehead atoms. The smallest absolute Gasteiger partial charge is 0.146 e. The monoisotopic (exact) mass is 254 g/mol. The van der Waals surface area contributed by atoms with Crippen molar-refractivity contribution in [3.8, 4) is 0 Å². The Balaban J connectivity index is 1.77. The molecule has 2 nitrogen and oxygen atoms in total. The number of nitrogens with one attached hydrogen (secondary N) is 1. The first-order chi connectivity index (χ1) is 8.27. The van der Waals surface area contributed by atoms with Crippen molar-refractivity contribution in [3.05, 3.63) is 30.1 Å². The highest BCUT2D eigenvalue weighted by atomic mass is 32.2. The van der Waals surface area contributed by atoms with E-state index in [9.17, 15) is 4.39 Å². The summed E-state index contributed by atoms with van der Waals surface area (Å²) < 4.78 is 13.4. The van der Waals surface area contributed by atoms with Crippen molar-refractivity contribution in [1.29, 1.82) is 0 Å². The zero-order chi connectivity index (χ0) is 12.1. The number of nitrogens with zero attached hydrogens (tertiary/aromatic N) is 1. The number of hydrogen-bond acceptors (Lipinski definition) is 3. The van der Waals surface area contributed by atoms with Gasteiger partial charge < -0.3 is 5.32 Å². The molecule has 2 rings (SSSR count). The lowest BCUT2D eigenvalue weighted by molar-refractivity contribution is 0.242. The van der Waals surface area contributed by atoms with Crippen molar-refractivity contribution in [1.82, 2.24) is 4.90 Å². The van der Waals surface area contributed by atoms with Gasteiger partial charge in [0.2, 0.25) is 0 Å². The Labute approximate surface area is 107 Å². The van der Waals surface area contributed by atoms with E-state index in [1.807, 2.05) is 17.8 Å². The van der Waals surface area contributed by atoms with E-state index in [0.717, 1.165) is 19.6 Å². The first-order valence-corrected chi connectivity index (χ1v) is 7.23. The van der Waals surface area contributed by atoms with Gasteiger partial charge in [0, 0.05) is 37.2 Å². The summed E-state index contributed by atoms with van der Waals surface area (Å²) in [7, 11) is 0. The fourth-order valence-corrected chi connectivity index (χ4v) is 3.11. The van der Waals surface area contributed by atoms with Crippen LogP contribution in [-0.2, 0) is 0 Å². The maximum Gasteiger partial charge on any atom is 0.146 e. The maximum atomic E-state index is 13.4. The van der Waals surface area contributed by atoms with Gasteiger partial charge in [-0.2, -0.15) is 11.8 Å². The Bertz CT molecular complexity index is 359. The summed E-state index contributed by atoms with van der Waals surface area (Å²) in [6.07, 6.45) is 0. The van der Waals surface area contributed by atoms with Crippen molar-refractivity contribution in [3.63, 3.8) is 0 Å². The molecule has 1 aliphatic heterocycles. The molecule has 1 aromatic carbocycles. The number of anilines is 1. The Morgan fingerprint density at radius 3 is 3.06 bits per heavy atom. The van der Waals surface area contributed by atoms with Crippen LogP contribution in [0.4, 0.5) is 10.1 Å². The minimum atomic E-state index is -0.172. The van der Waals surface area contributed by atoms with Gasteiger partial charge in [-0.15, -0.1) is 0 Å². The molecular formula is C13H19FN2S. The van der Waals surface area contributed by atoms with Gasteiger partial charge in [0.15, 0.2) is 0 Å². The van der Waals surface area contributed by atoms with E-state index in [1.165, 1.54) is 17.6 Å². The molecule has 17 heavy (non-hydrogen) atoms. The molecule has 1 fully saturated rings. The molecule has 0 aliphatic carbocycles. The Morgan fingerprint density at radius 2 is 2.29 bits per heavy atom. The van der Waals surface area contributed by atoms with Gasteiger partial charge >= 0.3 is 0 Å². The standard InChI is InChI=1S/C13H19FN2S/c1-11-10-17-9-8-16(11)7-6-15-13-5-3-2-4-12(13)14/h2-5,11,15H,6-10H2,1H3. The molecular weight excluding hydrogens is 235 g/mol. The zero-order valence-corrected chi connectivity index (χ0v) is 11.0. The van der Waals surface area contributed by atoms with Crippen LogP contribution in [0.15, 0.2) is 24.3 Å². The van der Waals surface area contributed by atoms with Gasteiger partial charge in [-0.1, -0.05) is 12.1 Å². The quantitative estimate of drug-likeness (QED) is 0.889. The molecule has 0 radical (unpaired) electrons. The van der Waals surface area contributed by atoms with Gasteiger partial charge in [-0.25, -0.2) is 4.39 Å². The molecule has 1 aliphatic rings. The average Bonchev–Trinajstić information content (AvgIpc) is 2.34. The largest absolute Gasteiger partial charge is 0.381 e. The summed E-state index contributed by atoms with van der Waals surface area (Å²) >= 11 is 2.02. The van der Waals surface area contributed by atoms with E-state index >= 15 is 0 Å². The Morgan fingerprint density at radius 1 is 1.47 bits per heavy atom. The SMILES string of the molecule is CC1CSCCN1CCNc1ccccc1F. The number of rotatable bonds is 4. The van der Waals surface area contributed by atoms with E-state index in [0.29, 0.717) is 11.7 Å². The van der Waals surface area contributed by atoms with Gasteiger partial charge in [0.1, 0.15) is 5.82 Å². The van der Waals surface area contributed by atoms with Crippen LogP contribution in [-0.4, -0.2) is 42.1 Å². The molecule has 1 N–H and O–H groups in total. The molecule has 1 aromatic rings. The summed E-state index contributed by atoms with van der Waals surface area (Å²) in [5.74, 6) is 2.25. The first-order valence-electron chi connectivity index (χ1n) is 6.07. The Hall–Kier alpha value is -0.740. The third-order valence-corrected chi connectivity index (χ3v) is 4.28. The summed E-state index contributed by atoms with van der Waals surface area (Å²) in [6, 6.07) is 7.47. The lowest BCUT2D eigenvalue weighted by Gasteiger charge is -2.32. The molecule has 4 heteroatoms. The van der Waals surface area contributed by atoms with Gasteiger partial charge in [0.25, 0.3) is 0 Å². The van der Waals surface area contributed by atoms with Gasteiger partial charge in [-0.05, 0) is 19.1 Å². The maximum absolute atomic E-state index is 13.4. The second-order valence-corrected chi connectivity index (χ2v) is 5.52. The van der Waals surface area contributed by atoms with Crippen LogP contribution in [0.1, 0.15) is 6.92 Å². The fraction of sp³-hybridized carbons (Fsp3) is 0.538. The molecule has 1 atom stereocenters. The fourth-order valence-electron chi connectivity index (χ4n) is 2.03. The number of thioether (sulfide) groups is 1. The summed E-state index contributed by atoms with van der Waals surface area (Å²) in [4.78, 5) is 2.46. The summed E-state index contributed by atoms with van der Waals surface area (Å²) in [5.41, 5.74) is 0.603. The van der Waals surface area contributed by atoms with Crippen molar-refractivity contribution in [2.24, 2.45) is 0 Å². The topological polar surface area (TPSA) is 15.3 Å². The first kappa shape index (κ1) is 12.7. The van der Waals surface area contributed by atoms with Gasteiger partial charge in [0.05, 0.1) is 5.69 Å². The van der Waals surface area contributed by atoms with E-state index in [2.05, 4.69) is 17.1 Å². The molecule has 94 valence electrons. The predicted octanol–water partition coefficient (Wildman–Crippen LogP) is 2.67. The van der Waals surface area contributed by atoms with Crippen molar-refractivity contribution in [2.45, 2.75) is 13.0 Å². The zero-order valence-electron chi connectivity index (χ0n) is 10.2. The van der Waals surface area contributed by atoms with Crippen molar-refractivity contribution >= 4 is 17.4 Å². The molecule has 0 amide bonds. The molecule has 1 unspecified atom stereocenters. The van der Waals surface area contributed by atoms with Gasteiger partial charge in [-0.3, -0.25) is 4.90 Å². The van der Waals surface area contributed by atoms with E-state index in [1.54, 1.807) is 12.1 Å². The number of para-hydroxylation sites is 1. The molecule has 1 heterocycles. The van der Waals surface area contributed by atoms with Crippen LogP contribution in [0.2, 0.25) is 0 Å². The van der Waals surface area contributed by atoms with Crippen LogP contribution >= 0.6 is 11.8 Å². The van der Waals surface area contributed by atoms with E-state index < -0.39 is 0 Å². The second kappa shape index (κ2) is 6.26. The van der Waals surface area contributed by atoms with Crippen LogP contribution in [0, 0.1) is 5.82 Å². The van der Waals surface area contributed by atoms with Crippen molar-refractivity contribution < 1.29 is 4.39 Å². The van der Waals surface area contributed by atoms with E-state index in [-0.39, 0.29) is 5.82 Å². The van der Waals surface area contributed by atoms with Crippen molar-refractivity contribution in [2.75, 3.05) is 36.5 Å². The normalized spacial score (nSPS) is 21.4. The highest BCUT2D eigenvalue weighted by Crippen LogP contribution is 2.16. The third kappa shape index (κ3) is 3.61. The minimum absolute atomic E-state index is 0.172. The minimum Gasteiger partial charge on any atom is -0.381 e. The molecule has 0 spiro atoms. The molecule has 1 saturated heterocycles. The lowest BCUT2D eigenvalue weighted by Crippen LogP contribution is -2.42. The van der Waals surface area contributed by atoms with E-state index in [4.69, 9.17) is 0 Å². The number of benzene rings is 1.